The number of carbonyl (C=O) groups excluding carboxylic acids is 1. The largest absolute Gasteiger partial charge is 0.396 e. The molecule has 0 bridgehead atoms. The van der Waals surface area contributed by atoms with Crippen LogP contribution in [0, 0.1) is 0 Å². The van der Waals surface area contributed by atoms with Gasteiger partial charge in [0.15, 0.2) is 9.84 Å². The first-order valence-corrected chi connectivity index (χ1v) is 10.5. The van der Waals surface area contributed by atoms with Crippen LogP contribution < -0.4 is 16.0 Å². The molecular weight excluding hydrogens is 330 g/mol. The minimum Gasteiger partial charge on any atom is -0.396 e. The number of nitrogens with two attached hydrogens (primary N) is 1. The van der Waals surface area contributed by atoms with Crippen LogP contribution in [0.2, 0.25) is 0 Å². The number of amides is 1. The lowest BCUT2D eigenvalue weighted by atomic mass is 10.3. The Labute approximate surface area is 133 Å². The topological polar surface area (TPSA) is 92.5 Å². The Kier molecular flexibility index (Phi) is 5.05. The van der Waals surface area contributed by atoms with Crippen LogP contribution in [0.1, 0.15) is 16.6 Å². The molecule has 0 radical (unpaired) electrons. The average Bonchev–Trinajstić information content (AvgIpc) is 2.76. The second kappa shape index (κ2) is 6.45. The fourth-order valence-corrected chi connectivity index (χ4v) is 5.50. The average molecular weight is 350 g/mol. The maximum Gasteiger partial charge on any atom is 0.263 e. The van der Waals surface area contributed by atoms with Gasteiger partial charge >= 0.3 is 0 Å². The van der Waals surface area contributed by atoms with Gasteiger partial charge in [-0.05, 0) is 13.2 Å². The summed E-state index contributed by atoms with van der Waals surface area (Å²) < 4.78 is 23.1. The Hall–Kier alpha value is -0.930. The lowest BCUT2D eigenvalue weighted by Gasteiger charge is -2.28. The van der Waals surface area contributed by atoms with Crippen molar-refractivity contribution in [1.82, 2.24) is 5.32 Å². The summed E-state index contributed by atoms with van der Waals surface area (Å²) in [7, 11) is -2.93. The van der Waals surface area contributed by atoms with E-state index in [0.29, 0.717) is 30.2 Å². The second-order valence-corrected chi connectivity index (χ2v) is 8.80. The Morgan fingerprint density at radius 3 is 2.57 bits per heavy atom. The van der Waals surface area contributed by atoms with E-state index in [4.69, 9.17) is 5.73 Å². The van der Waals surface area contributed by atoms with Gasteiger partial charge in [0.1, 0.15) is 9.88 Å². The van der Waals surface area contributed by atoms with Crippen LogP contribution in [0.5, 0.6) is 0 Å². The molecule has 9 heteroatoms. The van der Waals surface area contributed by atoms with Crippen LogP contribution in [-0.2, 0) is 9.84 Å². The van der Waals surface area contributed by atoms with Crippen molar-refractivity contribution in [3.05, 3.63) is 4.88 Å². The molecular formula is C12H19N3O3S3. The Bertz CT molecular complexity index is 626. The smallest absolute Gasteiger partial charge is 0.263 e. The molecule has 0 saturated carbocycles. The highest BCUT2D eigenvalue weighted by Gasteiger charge is 2.28. The van der Waals surface area contributed by atoms with Crippen molar-refractivity contribution in [1.29, 1.82) is 0 Å². The van der Waals surface area contributed by atoms with E-state index in [2.05, 4.69) is 5.32 Å². The van der Waals surface area contributed by atoms with Gasteiger partial charge in [0.05, 0.1) is 22.1 Å². The summed E-state index contributed by atoms with van der Waals surface area (Å²) in [4.78, 5) is 15.4. The molecule has 1 aliphatic rings. The maximum absolute atomic E-state index is 12.0. The van der Waals surface area contributed by atoms with Crippen LogP contribution in [-0.4, -0.2) is 51.7 Å². The van der Waals surface area contributed by atoms with Gasteiger partial charge in [0.25, 0.3) is 5.91 Å². The minimum atomic E-state index is -2.93. The monoisotopic (exact) mass is 349 g/mol. The maximum atomic E-state index is 12.0. The first-order valence-electron chi connectivity index (χ1n) is 6.59. The molecule has 0 spiro atoms. The van der Waals surface area contributed by atoms with E-state index in [1.54, 1.807) is 0 Å². The highest BCUT2D eigenvalue weighted by Crippen LogP contribution is 2.44. The fraction of sp³-hybridized carbons (Fsp3) is 0.583. The number of hydrogen-bond acceptors (Lipinski definition) is 7. The third-order valence-electron chi connectivity index (χ3n) is 3.26. The summed E-state index contributed by atoms with van der Waals surface area (Å²) in [5.41, 5.74) is 6.58. The first-order chi connectivity index (χ1) is 9.89. The van der Waals surface area contributed by atoms with E-state index < -0.39 is 9.84 Å². The van der Waals surface area contributed by atoms with Crippen molar-refractivity contribution in [2.75, 3.05) is 48.0 Å². The minimum absolute atomic E-state index is 0.148. The molecule has 2 heterocycles. The number of nitrogen functional groups attached to an aromatic ring is 1. The first kappa shape index (κ1) is 16.4. The molecule has 3 N–H and O–H groups in total. The van der Waals surface area contributed by atoms with Gasteiger partial charge in [0.2, 0.25) is 0 Å². The number of anilines is 2. The number of nitrogens with zero attached hydrogens (tertiary/aromatic N) is 1. The van der Waals surface area contributed by atoms with E-state index in [9.17, 15) is 13.2 Å². The fourth-order valence-electron chi connectivity index (χ4n) is 2.15. The number of rotatable bonds is 4. The molecule has 1 saturated heterocycles. The molecule has 118 valence electrons. The van der Waals surface area contributed by atoms with Crippen molar-refractivity contribution in [3.63, 3.8) is 0 Å². The summed E-state index contributed by atoms with van der Waals surface area (Å²) >= 11 is 2.82. The van der Waals surface area contributed by atoms with Gasteiger partial charge in [-0.15, -0.1) is 23.1 Å². The van der Waals surface area contributed by atoms with Crippen molar-refractivity contribution in [3.8, 4) is 0 Å². The van der Waals surface area contributed by atoms with Gasteiger partial charge in [-0.3, -0.25) is 4.79 Å². The normalized spacial score (nSPS) is 17.7. The molecule has 0 unspecified atom stereocenters. The predicted molar refractivity (Wildman–Crippen MR) is 89.4 cm³/mol. The molecule has 6 nitrogen and oxygen atoms in total. The predicted octanol–water partition coefficient (Wildman–Crippen LogP) is 1.04. The number of carbonyl (C=O) groups is 1. The molecule has 21 heavy (non-hydrogen) atoms. The molecule has 2 rings (SSSR count). The SMILES string of the molecule is CCNC(=O)c1sc(N2CCS(=O)(=O)CC2)c(SC)c1N. The quantitative estimate of drug-likeness (QED) is 0.789. The van der Waals surface area contributed by atoms with Crippen LogP contribution >= 0.6 is 23.1 Å². The zero-order valence-electron chi connectivity index (χ0n) is 12.0. The van der Waals surface area contributed by atoms with Crippen LogP contribution in [0.4, 0.5) is 10.7 Å². The summed E-state index contributed by atoms with van der Waals surface area (Å²) in [6.45, 7) is 3.30. The summed E-state index contributed by atoms with van der Waals surface area (Å²) in [6, 6.07) is 0. The number of thiophene rings is 1. The molecule has 1 aliphatic heterocycles. The highest BCUT2D eigenvalue weighted by molar-refractivity contribution is 7.99. The van der Waals surface area contributed by atoms with Crippen LogP contribution in [0.3, 0.4) is 0 Å². The summed E-state index contributed by atoms with van der Waals surface area (Å²) in [6.07, 6.45) is 1.91. The number of nitrogens with one attached hydrogen (secondary N) is 1. The van der Waals surface area contributed by atoms with E-state index >= 15 is 0 Å². The lowest BCUT2D eigenvalue weighted by molar-refractivity contribution is 0.0960. The van der Waals surface area contributed by atoms with Crippen molar-refractivity contribution < 1.29 is 13.2 Å². The second-order valence-electron chi connectivity index (χ2n) is 4.68. The van der Waals surface area contributed by atoms with Gasteiger partial charge in [0, 0.05) is 19.6 Å². The number of hydrogen-bond donors (Lipinski definition) is 2. The third kappa shape index (κ3) is 3.46. The van der Waals surface area contributed by atoms with Crippen molar-refractivity contribution in [2.45, 2.75) is 11.8 Å². The molecule has 1 aromatic heterocycles. The number of thioether (sulfide) groups is 1. The summed E-state index contributed by atoms with van der Waals surface area (Å²) in [5, 5.41) is 3.65. The Balaban J connectivity index is 2.31. The molecule has 1 fully saturated rings. The molecule has 0 aromatic carbocycles. The van der Waals surface area contributed by atoms with Crippen molar-refractivity contribution >= 4 is 49.5 Å². The Morgan fingerprint density at radius 2 is 2.05 bits per heavy atom. The van der Waals surface area contributed by atoms with Gasteiger partial charge < -0.3 is 16.0 Å². The highest BCUT2D eigenvalue weighted by atomic mass is 32.2. The number of sulfone groups is 1. The Morgan fingerprint density at radius 1 is 1.43 bits per heavy atom. The van der Waals surface area contributed by atoms with Crippen molar-refractivity contribution in [2.24, 2.45) is 0 Å². The molecule has 1 aromatic rings. The molecule has 1 amide bonds. The molecule has 0 aliphatic carbocycles. The van der Waals surface area contributed by atoms with Gasteiger partial charge in [-0.25, -0.2) is 8.42 Å². The van der Waals surface area contributed by atoms with Crippen LogP contribution in [0.25, 0.3) is 0 Å². The standard InChI is InChI=1S/C12H19N3O3S3/c1-3-14-11(16)9-8(13)10(19-2)12(20-9)15-4-6-21(17,18)7-5-15/h3-7,13H2,1-2H3,(H,14,16). The lowest BCUT2D eigenvalue weighted by Crippen LogP contribution is -2.40. The third-order valence-corrected chi connectivity index (χ3v) is 7.09. The summed E-state index contributed by atoms with van der Waals surface area (Å²) in [5.74, 6) is 0.121. The van der Waals surface area contributed by atoms with E-state index in [-0.39, 0.29) is 17.4 Å². The zero-order chi connectivity index (χ0) is 15.6. The zero-order valence-corrected chi connectivity index (χ0v) is 14.5. The van der Waals surface area contributed by atoms with E-state index in [1.165, 1.54) is 23.1 Å². The molecule has 0 atom stereocenters. The van der Waals surface area contributed by atoms with E-state index in [1.807, 2.05) is 18.1 Å². The van der Waals surface area contributed by atoms with Gasteiger partial charge in [-0.2, -0.15) is 0 Å². The van der Waals surface area contributed by atoms with Gasteiger partial charge in [-0.1, -0.05) is 0 Å². The van der Waals surface area contributed by atoms with E-state index in [0.717, 1.165) is 9.90 Å². The van der Waals surface area contributed by atoms with Crippen LogP contribution in [0.15, 0.2) is 4.90 Å².